The lowest BCUT2D eigenvalue weighted by molar-refractivity contribution is -0.303. The van der Waals surface area contributed by atoms with Crippen molar-refractivity contribution in [3.63, 3.8) is 0 Å². The summed E-state index contributed by atoms with van der Waals surface area (Å²) in [4.78, 5) is 13.2. The van der Waals surface area contributed by atoms with Crippen molar-refractivity contribution in [2.75, 3.05) is 13.2 Å². The predicted molar refractivity (Wildman–Crippen MR) is 316 cm³/mol. The van der Waals surface area contributed by atoms with Crippen LogP contribution >= 0.6 is 0 Å². The van der Waals surface area contributed by atoms with Crippen molar-refractivity contribution in [2.24, 2.45) is 0 Å². The van der Waals surface area contributed by atoms with Gasteiger partial charge in [0.25, 0.3) is 0 Å². The lowest BCUT2D eigenvalue weighted by atomic mass is 9.98. The zero-order chi connectivity index (χ0) is 55.4. The van der Waals surface area contributed by atoms with Gasteiger partial charge in [0.1, 0.15) is 36.6 Å². The third-order valence-corrected chi connectivity index (χ3v) is 16.7. The van der Waals surface area contributed by atoms with E-state index in [0.29, 0.717) is 19.3 Å². The SMILES string of the molecule is CCCCCCCCCCCCCCCCCCCCCCCCCCCCCCCCC(O)C(O)C(COC1OC(CO)C(O)C(O)C1O)NC(=O)C(O)CCCCCCCCCCCCCCCCCCCCC. The molecule has 8 N–H and O–H groups in total. The summed E-state index contributed by atoms with van der Waals surface area (Å²) in [5.41, 5.74) is 0. The fraction of sp³-hybridized carbons (Fsp3) is 0.985. The van der Waals surface area contributed by atoms with Gasteiger partial charge in [0.2, 0.25) is 5.91 Å². The monoisotopic (exact) mass is 1080 g/mol. The van der Waals surface area contributed by atoms with Gasteiger partial charge in [-0.05, 0) is 12.8 Å². The lowest BCUT2D eigenvalue weighted by Crippen LogP contribution is -2.60. The molecule has 9 unspecified atom stereocenters. The third kappa shape index (κ3) is 42.0. The van der Waals surface area contributed by atoms with Gasteiger partial charge in [-0.15, -0.1) is 0 Å². The number of hydrogen-bond donors (Lipinski definition) is 8. The van der Waals surface area contributed by atoms with E-state index in [1.165, 1.54) is 263 Å². The van der Waals surface area contributed by atoms with E-state index in [1.54, 1.807) is 0 Å². The van der Waals surface area contributed by atoms with E-state index in [2.05, 4.69) is 19.2 Å². The Morgan fingerprint density at radius 2 is 0.684 bits per heavy atom. The number of carbonyl (C=O) groups is 1. The highest BCUT2D eigenvalue weighted by Gasteiger charge is 2.44. The predicted octanol–water partition coefficient (Wildman–Crippen LogP) is 15.3. The number of ether oxygens (including phenoxy) is 2. The molecule has 0 spiro atoms. The summed E-state index contributed by atoms with van der Waals surface area (Å²) in [5.74, 6) is -0.688. The van der Waals surface area contributed by atoms with E-state index >= 15 is 0 Å². The van der Waals surface area contributed by atoms with Crippen LogP contribution < -0.4 is 5.32 Å². The van der Waals surface area contributed by atoms with E-state index in [1.807, 2.05) is 0 Å². The molecule has 9 atom stereocenters. The molecule has 1 aliphatic heterocycles. The summed E-state index contributed by atoms with van der Waals surface area (Å²) in [6, 6.07) is -1.16. The molecule has 11 heteroatoms. The molecule has 1 rings (SSSR count). The average molecular weight is 1080 g/mol. The number of aliphatic hydroxyl groups excluding tert-OH is 7. The molecule has 0 radical (unpaired) electrons. The van der Waals surface area contributed by atoms with Crippen LogP contribution in [0.4, 0.5) is 0 Å². The zero-order valence-electron chi connectivity index (χ0n) is 50.0. The molecule has 0 aliphatic carbocycles. The number of aliphatic hydroxyl groups is 7. The smallest absolute Gasteiger partial charge is 0.249 e. The number of amides is 1. The zero-order valence-corrected chi connectivity index (χ0v) is 50.0. The van der Waals surface area contributed by atoms with Gasteiger partial charge in [-0.1, -0.05) is 328 Å². The van der Waals surface area contributed by atoms with Gasteiger partial charge in [-0.25, -0.2) is 0 Å². The van der Waals surface area contributed by atoms with Gasteiger partial charge < -0.3 is 50.5 Å². The molecule has 1 fully saturated rings. The number of unbranched alkanes of at least 4 members (excludes halogenated alkanes) is 47. The molecule has 11 nitrogen and oxygen atoms in total. The second-order valence-electron chi connectivity index (χ2n) is 23.9. The van der Waals surface area contributed by atoms with Crippen molar-refractivity contribution in [3.05, 3.63) is 0 Å². The number of carbonyl (C=O) groups excluding carboxylic acids is 1. The fourth-order valence-electron chi connectivity index (χ4n) is 11.3. The van der Waals surface area contributed by atoms with Crippen LogP contribution in [0.3, 0.4) is 0 Å². The Hall–Kier alpha value is -0.890. The Bertz CT molecular complexity index is 1200. The van der Waals surface area contributed by atoms with Crippen molar-refractivity contribution in [1.29, 1.82) is 0 Å². The van der Waals surface area contributed by atoms with E-state index in [-0.39, 0.29) is 6.42 Å². The molecular weight excluding hydrogens is 955 g/mol. The van der Waals surface area contributed by atoms with Gasteiger partial charge >= 0.3 is 0 Å². The van der Waals surface area contributed by atoms with E-state index in [9.17, 15) is 40.5 Å². The highest BCUT2D eigenvalue weighted by molar-refractivity contribution is 5.80. The molecule has 0 aromatic carbocycles. The Balaban J connectivity index is 2.19. The Labute approximate surface area is 469 Å². The molecule has 1 heterocycles. The number of rotatable bonds is 59. The van der Waals surface area contributed by atoms with Crippen molar-refractivity contribution >= 4 is 5.91 Å². The fourth-order valence-corrected chi connectivity index (χ4v) is 11.3. The van der Waals surface area contributed by atoms with Gasteiger partial charge in [0.15, 0.2) is 6.29 Å². The quantitative estimate of drug-likeness (QED) is 0.0272. The van der Waals surface area contributed by atoms with Crippen LogP contribution in [0.25, 0.3) is 0 Å². The second-order valence-corrected chi connectivity index (χ2v) is 23.9. The largest absolute Gasteiger partial charge is 0.394 e. The highest BCUT2D eigenvalue weighted by atomic mass is 16.7. The minimum atomic E-state index is -1.66. The van der Waals surface area contributed by atoms with Gasteiger partial charge in [-0.3, -0.25) is 4.79 Å². The molecule has 0 saturated carbocycles. The summed E-state index contributed by atoms with van der Waals surface area (Å²) >= 11 is 0. The first-order valence-electron chi connectivity index (χ1n) is 33.4. The Morgan fingerprint density at radius 1 is 0.408 bits per heavy atom. The van der Waals surface area contributed by atoms with Crippen molar-refractivity contribution < 1.29 is 50.0 Å². The van der Waals surface area contributed by atoms with E-state index < -0.39 is 74.2 Å². The van der Waals surface area contributed by atoms with Crippen LogP contribution in [0, 0.1) is 0 Å². The van der Waals surface area contributed by atoms with Crippen LogP contribution in [-0.2, 0) is 14.3 Å². The van der Waals surface area contributed by atoms with Gasteiger partial charge in [-0.2, -0.15) is 0 Å². The van der Waals surface area contributed by atoms with Crippen molar-refractivity contribution in [3.8, 4) is 0 Å². The van der Waals surface area contributed by atoms with Gasteiger partial charge in [0, 0.05) is 0 Å². The standard InChI is InChI=1S/C65H129NO10/c1-3-5-7-9-11-13-15-17-19-21-23-24-25-26-27-28-29-30-31-32-33-35-36-38-40-42-44-46-48-50-52-57(68)60(70)56(55-75-65-63(73)62(72)61(71)59(54-67)76-65)66-64(74)58(69)53-51-49-47-45-43-41-39-37-34-22-20-18-16-14-12-10-8-6-4-2/h56-63,65,67-73H,3-55H2,1-2H3,(H,66,74). The first kappa shape index (κ1) is 73.1. The summed E-state index contributed by atoms with van der Waals surface area (Å²) in [6.07, 6.45) is 53.2. The topological polar surface area (TPSA) is 189 Å². The van der Waals surface area contributed by atoms with E-state index in [0.717, 1.165) is 38.5 Å². The van der Waals surface area contributed by atoms with Gasteiger partial charge in [0.05, 0.1) is 25.4 Å². The lowest BCUT2D eigenvalue weighted by Gasteiger charge is -2.40. The minimum absolute atomic E-state index is 0.267. The van der Waals surface area contributed by atoms with Crippen LogP contribution in [-0.4, -0.2) is 110 Å². The summed E-state index contributed by atoms with van der Waals surface area (Å²) in [5, 5.41) is 76.4. The summed E-state index contributed by atoms with van der Waals surface area (Å²) in [7, 11) is 0. The summed E-state index contributed by atoms with van der Waals surface area (Å²) in [6.45, 7) is 3.52. The molecular formula is C65H129NO10. The maximum atomic E-state index is 13.2. The van der Waals surface area contributed by atoms with Crippen LogP contribution in [0.1, 0.15) is 341 Å². The molecule has 1 amide bonds. The molecule has 0 bridgehead atoms. The first-order chi connectivity index (χ1) is 37.2. The highest BCUT2D eigenvalue weighted by Crippen LogP contribution is 2.24. The molecule has 1 aliphatic rings. The Kier molecular flexibility index (Phi) is 52.6. The molecule has 1 saturated heterocycles. The molecule has 76 heavy (non-hydrogen) atoms. The second kappa shape index (κ2) is 54.7. The molecule has 0 aromatic rings. The van der Waals surface area contributed by atoms with Crippen LogP contribution in [0.2, 0.25) is 0 Å². The number of nitrogens with one attached hydrogen (secondary N) is 1. The van der Waals surface area contributed by atoms with Crippen LogP contribution in [0.15, 0.2) is 0 Å². The summed E-state index contributed by atoms with van der Waals surface area (Å²) < 4.78 is 11.2. The maximum absolute atomic E-state index is 13.2. The minimum Gasteiger partial charge on any atom is -0.394 e. The van der Waals surface area contributed by atoms with Crippen molar-refractivity contribution in [1.82, 2.24) is 5.32 Å². The number of hydrogen-bond acceptors (Lipinski definition) is 10. The molecule has 0 aromatic heterocycles. The third-order valence-electron chi connectivity index (χ3n) is 16.7. The first-order valence-corrected chi connectivity index (χ1v) is 33.4. The van der Waals surface area contributed by atoms with Crippen molar-refractivity contribution in [2.45, 2.75) is 396 Å². The average Bonchev–Trinajstić information content (AvgIpc) is 3.42. The van der Waals surface area contributed by atoms with E-state index in [4.69, 9.17) is 9.47 Å². The normalized spacial score (nSPS) is 19.5. The maximum Gasteiger partial charge on any atom is 0.249 e. The Morgan fingerprint density at radius 3 is 0.974 bits per heavy atom. The van der Waals surface area contributed by atoms with Crippen LogP contribution in [0.5, 0.6) is 0 Å². The molecule has 454 valence electrons.